The number of nitrogens with two attached hydrogens (primary N) is 1. The molecule has 4 heteroatoms. The van der Waals surface area contributed by atoms with E-state index in [0.717, 1.165) is 30.6 Å². The highest BCUT2D eigenvalue weighted by atomic mass is 19.1. The third-order valence-electron chi connectivity index (χ3n) is 6.11. The fraction of sp³-hybridized carbons (Fsp3) is 0.409. The highest BCUT2D eigenvalue weighted by Gasteiger charge is 2.59. The van der Waals surface area contributed by atoms with E-state index >= 15 is 0 Å². The zero-order chi connectivity index (χ0) is 18.3. The molecule has 26 heavy (non-hydrogen) atoms. The van der Waals surface area contributed by atoms with Gasteiger partial charge in [0, 0.05) is 5.56 Å². The van der Waals surface area contributed by atoms with Crippen molar-refractivity contribution >= 4 is 5.91 Å². The lowest BCUT2D eigenvalue weighted by atomic mass is 9.84. The minimum atomic E-state index is -0.345. The van der Waals surface area contributed by atoms with Crippen LogP contribution in [0.4, 0.5) is 4.39 Å². The molecule has 3 nitrogen and oxygen atoms in total. The van der Waals surface area contributed by atoms with E-state index in [1.54, 1.807) is 12.1 Å². The van der Waals surface area contributed by atoms with Crippen LogP contribution in [-0.4, -0.2) is 12.0 Å². The Labute approximate surface area is 153 Å². The van der Waals surface area contributed by atoms with E-state index in [9.17, 15) is 9.18 Å². The van der Waals surface area contributed by atoms with Crippen LogP contribution in [0.2, 0.25) is 0 Å². The smallest absolute Gasteiger partial charge is 0.248 e. The van der Waals surface area contributed by atoms with Crippen molar-refractivity contribution in [2.24, 2.45) is 23.5 Å². The number of hydrogen-bond acceptors (Lipinski definition) is 2. The maximum absolute atomic E-state index is 13.0. The molecule has 136 valence electrons. The fourth-order valence-electron chi connectivity index (χ4n) is 4.98. The normalized spacial score (nSPS) is 25.5. The summed E-state index contributed by atoms with van der Waals surface area (Å²) in [4.78, 5) is 11.8. The van der Waals surface area contributed by atoms with E-state index in [-0.39, 0.29) is 17.8 Å². The molecule has 0 unspecified atom stereocenters. The Morgan fingerprint density at radius 2 is 1.81 bits per heavy atom. The number of ether oxygens (including phenoxy) is 1. The average molecular weight is 353 g/mol. The van der Waals surface area contributed by atoms with Crippen molar-refractivity contribution in [1.29, 1.82) is 0 Å². The van der Waals surface area contributed by atoms with Crippen molar-refractivity contribution in [2.45, 2.75) is 38.2 Å². The number of carbonyl (C=O) groups excluding carboxylic acids is 1. The first-order valence-electron chi connectivity index (χ1n) is 9.39. The lowest BCUT2D eigenvalue weighted by Gasteiger charge is -2.23. The Morgan fingerprint density at radius 3 is 2.42 bits per heavy atom. The van der Waals surface area contributed by atoms with Crippen LogP contribution in [0, 0.1) is 23.6 Å². The van der Waals surface area contributed by atoms with Gasteiger partial charge in [-0.05, 0) is 78.8 Å². The van der Waals surface area contributed by atoms with E-state index in [4.69, 9.17) is 10.5 Å². The molecule has 0 bridgehead atoms. The van der Waals surface area contributed by atoms with Gasteiger partial charge in [0.05, 0.1) is 6.10 Å². The molecule has 4 rings (SSSR count). The van der Waals surface area contributed by atoms with Gasteiger partial charge < -0.3 is 10.5 Å². The molecular formula is C22H24FNO2. The zero-order valence-electron chi connectivity index (χ0n) is 14.9. The molecule has 2 fully saturated rings. The highest BCUT2D eigenvalue weighted by Crippen LogP contribution is 2.64. The first-order valence-corrected chi connectivity index (χ1v) is 9.39. The van der Waals surface area contributed by atoms with Crippen LogP contribution in [0.5, 0.6) is 5.75 Å². The van der Waals surface area contributed by atoms with Crippen LogP contribution in [0.15, 0.2) is 48.5 Å². The monoisotopic (exact) mass is 353 g/mol. The Morgan fingerprint density at radius 1 is 1.15 bits per heavy atom. The molecule has 2 aromatic carbocycles. The number of amides is 1. The molecule has 0 spiro atoms. The molecule has 2 N–H and O–H groups in total. The predicted octanol–water partition coefficient (Wildman–Crippen LogP) is 4.52. The van der Waals surface area contributed by atoms with Gasteiger partial charge in [0.25, 0.3) is 0 Å². The zero-order valence-corrected chi connectivity index (χ0v) is 14.9. The molecule has 2 aliphatic rings. The molecule has 2 aliphatic carbocycles. The number of primary amides is 1. The third kappa shape index (κ3) is 3.09. The van der Waals surface area contributed by atoms with Crippen molar-refractivity contribution in [3.63, 3.8) is 0 Å². The Hall–Kier alpha value is -2.36. The molecule has 1 amide bonds. The first-order chi connectivity index (χ1) is 12.6. The number of hydrogen-bond donors (Lipinski definition) is 1. The molecule has 0 heterocycles. The maximum Gasteiger partial charge on any atom is 0.248 e. The molecule has 2 aromatic rings. The number of rotatable bonds is 6. The summed E-state index contributed by atoms with van der Waals surface area (Å²) in [6.45, 7) is 2.18. The second-order valence-corrected chi connectivity index (χ2v) is 7.54. The summed E-state index contributed by atoms with van der Waals surface area (Å²) in [5, 5.41) is 0. The van der Waals surface area contributed by atoms with Gasteiger partial charge in [-0.25, -0.2) is 4.39 Å². The standard InChI is InChI=1S/C22H24FNO2/c1-2-16(17-5-3-4-6-18(17)22(24)25)21-19-11-15(12-20(19)21)26-14-9-7-13(23)8-10-14/h3-10,15-16,19-21H,2,11-12H2,1H3,(H2,24,25)/t15?,16-,19+,20+,21?/m1/s1. The quantitative estimate of drug-likeness (QED) is 0.830. The van der Waals surface area contributed by atoms with Crippen molar-refractivity contribution in [2.75, 3.05) is 0 Å². The third-order valence-corrected chi connectivity index (χ3v) is 6.11. The summed E-state index contributed by atoms with van der Waals surface area (Å²) >= 11 is 0. The van der Waals surface area contributed by atoms with Crippen LogP contribution >= 0.6 is 0 Å². The number of halogens is 1. The minimum absolute atomic E-state index is 0.204. The van der Waals surface area contributed by atoms with Gasteiger partial charge in [-0.15, -0.1) is 0 Å². The summed E-state index contributed by atoms with van der Waals surface area (Å²) < 4.78 is 19.0. The largest absolute Gasteiger partial charge is 0.490 e. The number of benzene rings is 2. The summed E-state index contributed by atoms with van der Waals surface area (Å²) in [6, 6.07) is 14.0. The summed E-state index contributed by atoms with van der Waals surface area (Å²) in [5.74, 6) is 2.42. The molecule has 0 radical (unpaired) electrons. The topological polar surface area (TPSA) is 52.3 Å². The van der Waals surface area contributed by atoms with Gasteiger partial charge in [-0.3, -0.25) is 4.79 Å². The van der Waals surface area contributed by atoms with Crippen molar-refractivity contribution in [1.82, 2.24) is 0 Å². The van der Waals surface area contributed by atoms with Crippen molar-refractivity contribution in [3.05, 3.63) is 65.5 Å². The molecule has 2 saturated carbocycles. The van der Waals surface area contributed by atoms with Gasteiger partial charge >= 0.3 is 0 Å². The number of carbonyl (C=O) groups is 1. The predicted molar refractivity (Wildman–Crippen MR) is 98.5 cm³/mol. The SMILES string of the molecule is CC[C@H](c1ccccc1C(N)=O)C1[C@H]2CC(Oc3ccc(F)cc3)C[C@H]12. The van der Waals surface area contributed by atoms with E-state index < -0.39 is 0 Å². The summed E-state index contributed by atoms with van der Waals surface area (Å²) in [7, 11) is 0. The van der Waals surface area contributed by atoms with Crippen LogP contribution in [0.1, 0.15) is 48.0 Å². The second-order valence-electron chi connectivity index (χ2n) is 7.54. The van der Waals surface area contributed by atoms with Crippen LogP contribution in [0.3, 0.4) is 0 Å². The lowest BCUT2D eigenvalue weighted by molar-refractivity contribution is 0.0998. The van der Waals surface area contributed by atoms with E-state index in [0.29, 0.717) is 29.2 Å². The maximum atomic E-state index is 13.0. The van der Waals surface area contributed by atoms with Gasteiger partial charge in [-0.1, -0.05) is 25.1 Å². The van der Waals surface area contributed by atoms with Crippen molar-refractivity contribution < 1.29 is 13.9 Å². The van der Waals surface area contributed by atoms with Crippen molar-refractivity contribution in [3.8, 4) is 5.75 Å². The highest BCUT2D eigenvalue weighted by molar-refractivity contribution is 5.94. The Kier molecular flexibility index (Phi) is 4.43. The fourth-order valence-corrected chi connectivity index (χ4v) is 4.98. The van der Waals surface area contributed by atoms with E-state index in [2.05, 4.69) is 13.0 Å². The average Bonchev–Trinajstić information content (AvgIpc) is 3.11. The van der Waals surface area contributed by atoms with Crippen LogP contribution in [0.25, 0.3) is 0 Å². The Bertz CT molecular complexity index is 792. The van der Waals surface area contributed by atoms with E-state index in [1.165, 1.54) is 12.1 Å². The van der Waals surface area contributed by atoms with Crippen LogP contribution in [-0.2, 0) is 0 Å². The van der Waals surface area contributed by atoms with Gasteiger partial charge in [-0.2, -0.15) is 0 Å². The van der Waals surface area contributed by atoms with Gasteiger partial charge in [0.15, 0.2) is 0 Å². The Balaban J connectivity index is 1.43. The lowest BCUT2D eigenvalue weighted by Crippen LogP contribution is -2.20. The summed E-state index contributed by atoms with van der Waals surface area (Å²) in [5.41, 5.74) is 7.33. The molecule has 0 aliphatic heterocycles. The molecular weight excluding hydrogens is 329 g/mol. The van der Waals surface area contributed by atoms with E-state index in [1.807, 2.05) is 18.2 Å². The molecule has 3 atom stereocenters. The van der Waals surface area contributed by atoms with Gasteiger partial charge in [0.1, 0.15) is 11.6 Å². The van der Waals surface area contributed by atoms with Crippen LogP contribution < -0.4 is 10.5 Å². The number of fused-ring (bicyclic) bond motifs is 1. The minimum Gasteiger partial charge on any atom is -0.490 e. The second kappa shape index (κ2) is 6.75. The van der Waals surface area contributed by atoms with Gasteiger partial charge in [0.2, 0.25) is 5.91 Å². The summed E-state index contributed by atoms with van der Waals surface area (Å²) in [6.07, 6.45) is 3.27. The molecule has 0 aromatic heterocycles. The first kappa shape index (κ1) is 17.1. The molecule has 0 saturated heterocycles.